The van der Waals surface area contributed by atoms with Crippen LogP contribution in [0.15, 0.2) is 53.4 Å². The van der Waals surface area contributed by atoms with Crippen molar-refractivity contribution >= 4 is 23.2 Å². The van der Waals surface area contributed by atoms with Gasteiger partial charge in [-0.25, -0.2) is 0 Å². The van der Waals surface area contributed by atoms with Crippen LogP contribution in [0.5, 0.6) is 0 Å². The van der Waals surface area contributed by atoms with E-state index in [1.54, 1.807) is 18.7 Å². The molecule has 2 aromatic rings. The van der Waals surface area contributed by atoms with Crippen molar-refractivity contribution in [2.24, 2.45) is 0 Å². The van der Waals surface area contributed by atoms with Crippen LogP contribution >= 0.6 is 11.8 Å². The second-order valence-corrected chi connectivity index (χ2v) is 5.81. The first-order chi connectivity index (χ1) is 9.18. The molecule has 19 heavy (non-hydrogen) atoms. The highest BCUT2D eigenvalue weighted by atomic mass is 32.2. The lowest BCUT2D eigenvalue weighted by molar-refractivity contribution is 0.101. The van der Waals surface area contributed by atoms with Gasteiger partial charge in [-0.3, -0.25) is 4.79 Å². The van der Waals surface area contributed by atoms with Gasteiger partial charge in [0.1, 0.15) is 5.37 Å². The minimum absolute atomic E-state index is 0.126. The SMILES string of the molecule is CC(=O)c1ccccc1C1Sc2ccccc2N1C. The van der Waals surface area contributed by atoms with Gasteiger partial charge in [0.25, 0.3) is 0 Å². The first kappa shape index (κ1) is 12.3. The Kier molecular flexibility index (Phi) is 3.07. The number of para-hydroxylation sites is 1. The quantitative estimate of drug-likeness (QED) is 0.765. The summed E-state index contributed by atoms with van der Waals surface area (Å²) in [6.45, 7) is 1.63. The first-order valence-electron chi connectivity index (χ1n) is 6.27. The van der Waals surface area contributed by atoms with Crippen LogP contribution in [-0.2, 0) is 0 Å². The summed E-state index contributed by atoms with van der Waals surface area (Å²) in [6, 6.07) is 16.2. The lowest BCUT2D eigenvalue weighted by Crippen LogP contribution is -2.19. The molecule has 1 aliphatic rings. The zero-order valence-corrected chi connectivity index (χ0v) is 11.8. The molecule has 2 nitrogen and oxygen atoms in total. The van der Waals surface area contributed by atoms with Crippen LogP contribution in [-0.4, -0.2) is 12.8 Å². The molecule has 1 unspecified atom stereocenters. The van der Waals surface area contributed by atoms with E-state index >= 15 is 0 Å². The Bertz CT molecular complexity index is 638. The summed E-state index contributed by atoms with van der Waals surface area (Å²) in [6.07, 6.45) is 0. The lowest BCUT2D eigenvalue weighted by Gasteiger charge is -2.23. The number of thioether (sulfide) groups is 1. The number of hydrogen-bond acceptors (Lipinski definition) is 3. The fourth-order valence-electron chi connectivity index (χ4n) is 2.48. The molecule has 1 atom stereocenters. The van der Waals surface area contributed by atoms with E-state index in [9.17, 15) is 4.79 Å². The standard InChI is InChI=1S/C16H15NOS/c1-11(18)12-7-3-4-8-13(12)16-17(2)14-9-5-6-10-15(14)19-16/h3-10,16H,1-2H3. The maximum Gasteiger partial charge on any atom is 0.160 e. The zero-order chi connectivity index (χ0) is 13.4. The number of carbonyl (C=O) groups excluding carboxylic acids is 1. The van der Waals surface area contributed by atoms with Crippen molar-refractivity contribution in [1.29, 1.82) is 0 Å². The summed E-state index contributed by atoms with van der Waals surface area (Å²) >= 11 is 1.80. The first-order valence-corrected chi connectivity index (χ1v) is 7.15. The smallest absolute Gasteiger partial charge is 0.160 e. The second-order valence-electron chi connectivity index (χ2n) is 4.69. The molecule has 0 fully saturated rings. The Hall–Kier alpha value is -1.74. The van der Waals surface area contributed by atoms with E-state index in [0.717, 1.165) is 11.1 Å². The van der Waals surface area contributed by atoms with Crippen molar-refractivity contribution in [1.82, 2.24) is 0 Å². The average molecular weight is 269 g/mol. The minimum Gasteiger partial charge on any atom is -0.357 e. The summed E-state index contributed by atoms with van der Waals surface area (Å²) in [5.74, 6) is 0.126. The Morgan fingerprint density at radius 1 is 1.11 bits per heavy atom. The Labute approximate surface area is 117 Å². The number of carbonyl (C=O) groups is 1. The summed E-state index contributed by atoms with van der Waals surface area (Å²) < 4.78 is 0. The van der Waals surface area contributed by atoms with Crippen LogP contribution in [0.25, 0.3) is 0 Å². The predicted octanol–water partition coefficient (Wildman–Crippen LogP) is 4.13. The normalized spacial score (nSPS) is 17.4. The van der Waals surface area contributed by atoms with E-state index in [2.05, 4.69) is 42.3 Å². The van der Waals surface area contributed by atoms with Crippen LogP contribution in [0.3, 0.4) is 0 Å². The second kappa shape index (κ2) is 4.74. The minimum atomic E-state index is 0.126. The van der Waals surface area contributed by atoms with E-state index in [1.807, 2.05) is 18.2 Å². The molecule has 0 N–H and O–H groups in total. The molecule has 96 valence electrons. The number of benzene rings is 2. The molecule has 1 aliphatic heterocycles. The number of ketones is 1. The zero-order valence-electron chi connectivity index (χ0n) is 11.0. The monoisotopic (exact) mass is 269 g/mol. The molecule has 0 radical (unpaired) electrons. The maximum absolute atomic E-state index is 11.8. The highest BCUT2D eigenvalue weighted by molar-refractivity contribution is 8.00. The molecule has 2 aromatic carbocycles. The van der Waals surface area contributed by atoms with Gasteiger partial charge in [0.15, 0.2) is 5.78 Å². The number of nitrogens with zero attached hydrogens (tertiary/aromatic N) is 1. The molecule has 0 saturated heterocycles. The summed E-state index contributed by atoms with van der Waals surface area (Å²) in [5, 5.41) is 0.178. The summed E-state index contributed by atoms with van der Waals surface area (Å²) in [4.78, 5) is 15.3. The van der Waals surface area contributed by atoms with E-state index in [0.29, 0.717) is 0 Å². The van der Waals surface area contributed by atoms with E-state index in [-0.39, 0.29) is 11.2 Å². The third-order valence-corrected chi connectivity index (χ3v) is 4.83. The molecule has 0 bridgehead atoms. The van der Waals surface area contributed by atoms with Crippen molar-refractivity contribution in [3.8, 4) is 0 Å². The largest absolute Gasteiger partial charge is 0.357 e. The van der Waals surface area contributed by atoms with E-state index in [1.165, 1.54) is 10.6 Å². The number of rotatable bonds is 2. The number of anilines is 1. The van der Waals surface area contributed by atoms with Crippen LogP contribution in [0.4, 0.5) is 5.69 Å². The van der Waals surface area contributed by atoms with Gasteiger partial charge in [0, 0.05) is 17.5 Å². The summed E-state index contributed by atoms with van der Waals surface area (Å²) in [5.41, 5.74) is 3.15. The predicted molar refractivity (Wildman–Crippen MR) is 79.9 cm³/mol. The molecule has 3 heteroatoms. The molecule has 0 aromatic heterocycles. The Morgan fingerprint density at radius 3 is 2.53 bits per heavy atom. The van der Waals surface area contributed by atoms with Crippen molar-refractivity contribution in [2.75, 3.05) is 11.9 Å². The Morgan fingerprint density at radius 2 is 1.79 bits per heavy atom. The van der Waals surface area contributed by atoms with Gasteiger partial charge in [-0.15, -0.1) is 0 Å². The molecule has 0 aliphatic carbocycles. The average Bonchev–Trinajstić information content (AvgIpc) is 2.76. The van der Waals surface area contributed by atoms with E-state index < -0.39 is 0 Å². The van der Waals surface area contributed by atoms with Gasteiger partial charge in [-0.05, 0) is 24.6 Å². The topological polar surface area (TPSA) is 20.3 Å². The van der Waals surface area contributed by atoms with Crippen molar-refractivity contribution in [2.45, 2.75) is 17.2 Å². The number of fused-ring (bicyclic) bond motifs is 1. The van der Waals surface area contributed by atoms with Crippen LogP contribution in [0.1, 0.15) is 28.2 Å². The van der Waals surface area contributed by atoms with Crippen molar-refractivity contribution in [3.05, 3.63) is 59.7 Å². The summed E-state index contributed by atoms with van der Waals surface area (Å²) in [7, 11) is 2.08. The number of hydrogen-bond donors (Lipinski definition) is 0. The van der Waals surface area contributed by atoms with Crippen molar-refractivity contribution < 1.29 is 4.79 Å². The van der Waals surface area contributed by atoms with Crippen LogP contribution in [0, 0.1) is 0 Å². The van der Waals surface area contributed by atoms with Crippen LogP contribution < -0.4 is 4.90 Å². The van der Waals surface area contributed by atoms with Gasteiger partial charge in [-0.2, -0.15) is 0 Å². The van der Waals surface area contributed by atoms with Gasteiger partial charge in [-0.1, -0.05) is 48.2 Å². The molecule has 0 amide bonds. The lowest BCUT2D eigenvalue weighted by atomic mass is 10.0. The highest BCUT2D eigenvalue weighted by Gasteiger charge is 2.30. The molecule has 0 saturated carbocycles. The molecular weight excluding hydrogens is 254 g/mol. The van der Waals surface area contributed by atoms with Gasteiger partial charge in [0.05, 0.1) is 5.69 Å². The van der Waals surface area contributed by atoms with Gasteiger partial charge >= 0.3 is 0 Å². The molecular formula is C16H15NOS. The third kappa shape index (κ3) is 2.04. The Balaban J connectivity index is 2.05. The van der Waals surface area contributed by atoms with Gasteiger partial charge in [0.2, 0.25) is 0 Å². The number of Topliss-reactive ketones (excluding diaryl/α,β-unsaturated/α-hetero) is 1. The van der Waals surface area contributed by atoms with E-state index in [4.69, 9.17) is 0 Å². The third-order valence-electron chi connectivity index (χ3n) is 3.44. The van der Waals surface area contributed by atoms with Crippen molar-refractivity contribution in [3.63, 3.8) is 0 Å². The molecule has 3 rings (SSSR count). The van der Waals surface area contributed by atoms with Gasteiger partial charge < -0.3 is 4.90 Å². The fraction of sp³-hybridized carbons (Fsp3) is 0.188. The van der Waals surface area contributed by atoms with Crippen LogP contribution in [0.2, 0.25) is 0 Å². The maximum atomic E-state index is 11.8. The fourth-order valence-corrected chi connectivity index (χ4v) is 3.81. The molecule has 0 spiro atoms. The highest BCUT2D eigenvalue weighted by Crippen LogP contribution is 2.50. The molecule has 1 heterocycles.